The van der Waals surface area contributed by atoms with Crippen LogP contribution in [0.4, 0.5) is 11.4 Å². The molecule has 0 bridgehead atoms. The third-order valence-electron chi connectivity index (χ3n) is 5.50. The zero-order chi connectivity index (χ0) is 18.8. The summed E-state index contributed by atoms with van der Waals surface area (Å²) in [5.74, 6) is 0.0567. The molecule has 2 heterocycles. The molecule has 2 aromatic carbocycles. The summed E-state index contributed by atoms with van der Waals surface area (Å²) in [5, 5.41) is 0. The van der Waals surface area contributed by atoms with Crippen LogP contribution in [-0.4, -0.2) is 49.4 Å². The number of aryl methyl sites for hydroxylation is 1. The first kappa shape index (κ1) is 17.6. The van der Waals surface area contributed by atoms with Gasteiger partial charge >= 0.3 is 0 Å². The summed E-state index contributed by atoms with van der Waals surface area (Å²) in [6.07, 6.45) is 1.49. The van der Waals surface area contributed by atoms with E-state index < -0.39 is 0 Å². The van der Waals surface area contributed by atoms with Gasteiger partial charge in [0.1, 0.15) is 6.54 Å². The number of anilines is 2. The van der Waals surface area contributed by atoms with E-state index >= 15 is 0 Å². The lowest BCUT2D eigenvalue weighted by Crippen LogP contribution is -2.52. The molecular formula is C22H25N3O2. The largest absolute Gasteiger partial charge is 0.370 e. The van der Waals surface area contributed by atoms with Crippen LogP contribution >= 0.6 is 0 Å². The number of amides is 2. The molecule has 2 aliphatic heterocycles. The molecule has 4 rings (SSSR count). The van der Waals surface area contributed by atoms with Gasteiger partial charge in [0.25, 0.3) is 0 Å². The minimum Gasteiger partial charge on any atom is -0.370 e. The molecule has 0 aromatic heterocycles. The van der Waals surface area contributed by atoms with E-state index in [9.17, 15) is 9.59 Å². The molecule has 0 N–H and O–H groups in total. The molecule has 0 atom stereocenters. The van der Waals surface area contributed by atoms with E-state index in [2.05, 4.69) is 23.1 Å². The fourth-order valence-electron chi connectivity index (χ4n) is 3.91. The molecule has 2 aliphatic rings. The Balaban J connectivity index is 1.32. The van der Waals surface area contributed by atoms with E-state index in [1.54, 1.807) is 9.80 Å². The van der Waals surface area contributed by atoms with Crippen molar-refractivity contribution in [3.63, 3.8) is 0 Å². The Kier molecular flexibility index (Phi) is 4.84. The minimum atomic E-state index is -0.00929. The van der Waals surface area contributed by atoms with Gasteiger partial charge in [0.05, 0.1) is 0 Å². The maximum atomic E-state index is 12.6. The van der Waals surface area contributed by atoms with Crippen LogP contribution in [0.25, 0.3) is 0 Å². The second-order valence-corrected chi connectivity index (χ2v) is 7.31. The van der Waals surface area contributed by atoms with Crippen molar-refractivity contribution >= 4 is 23.2 Å². The van der Waals surface area contributed by atoms with Crippen LogP contribution in [0.15, 0.2) is 48.5 Å². The highest BCUT2D eigenvalue weighted by Gasteiger charge is 2.28. The predicted octanol–water partition coefficient (Wildman–Crippen LogP) is 2.62. The normalized spacial score (nSPS) is 16.6. The second-order valence-electron chi connectivity index (χ2n) is 7.31. The first-order valence-electron chi connectivity index (χ1n) is 9.59. The minimum absolute atomic E-state index is 0.00929. The van der Waals surface area contributed by atoms with Gasteiger partial charge < -0.3 is 14.7 Å². The highest BCUT2D eigenvalue weighted by molar-refractivity contribution is 5.98. The molecule has 2 aromatic rings. The van der Waals surface area contributed by atoms with E-state index in [1.807, 2.05) is 37.3 Å². The Morgan fingerprint density at radius 2 is 1.78 bits per heavy atom. The Morgan fingerprint density at radius 3 is 2.56 bits per heavy atom. The van der Waals surface area contributed by atoms with Crippen LogP contribution in [0.5, 0.6) is 0 Å². The molecule has 27 heavy (non-hydrogen) atoms. The van der Waals surface area contributed by atoms with Crippen molar-refractivity contribution in [2.24, 2.45) is 0 Å². The van der Waals surface area contributed by atoms with Gasteiger partial charge in [0.15, 0.2) is 0 Å². The van der Waals surface area contributed by atoms with Crippen LogP contribution in [0.3, 0.4) is 0 Å². The fraction of sp³-hybridized carbons (Fsp3) is 0.364. The van der Waals surface area contributed by atoms with Crippen LogP contribution < -0.4 is 9.80 Å². The Hall–Kier alpha value is -2.82. The van der Waals surface area contributed by atoms with Gasteiger partial charge in [-0.15, -0.1) is 0 Å². The lowest BCUT2D eigenvalue weighted by atomic mass is 10.2. The molecule has 140 valence electrons. The number of carbonyl (C=O) groups excluding carboxylic acids is 2. The third-order valence-corrected chi connectivity index (χ3v) is 5.50. The predicted molar refractivity (Wildman–Crippen MR) is 107 cm³/mol. The SMILES string of the molecule is Cc1ccc(N2CCN(C(=O)CCN3CCc4ccccc43)CC2=O)cc1. The van der Waals surface area contributed by atoms with Gasteiger partial charge in [-0.2, -0.15) is 0 Å². The summed E-state index contributed by atoms with van der Waals surface area (Å²) in [4.78, 5) is 30.9. The van der Waals surface area contributed by atoms with Crippen molar-refractivity contribution in [2.45, 2.75) is 19.8 Å². The number of hydrogen-bond acceptors (Lipinski definition) is 3. The summed E-state index contributed by atoms with van der Waals surface area (Å²) < 4.78 is 0. The standard InChI is InChI=1S/C22H25N3O2/c1-17-6-8-19(9-7-17)25-15-14-24(16-22(25)27)21(26)11-13-23-12-10-18-4-2-3-5-20(18)23/h2-9H,10-16H2,1H3. The molecule has 0 unspecified atom stereocenters. The summed E-state index contributed by atoms with van der Waals surface area (Å²) in [5.41, 5.74) is 4.67. The van der Waals surface area contributed by atoms with Crippen molar-refractivity contribution in [3.8, 4) is 0 Å². The van der Waals surface area contributed by atoms with Crippen molar-refractivity contribution in [1.29, 1.82) is 0 Å². The number of piperazine rings is 1. The lowest BCUT2D eigenvalue weighted by Gasteiger charge is -2.34. The number of fused-ring (bicyclic) bond motifs is 1. The monoisotopic (exact) mass is 363 g/mol. The molecule has 0 saturated carbocycles. The number of benzene rings is 2. The molecule has 5 heteroatoms. The first-order chi connectivity index (χ1) is 13.1. The van der Waals surface area contributed by atoms with E-state index in [0.717, 1.165) is 18.7 Å². The quantitative estimate of drug-likeness (QED) is 0.839. The Labute approximate surface area is 160 Å². The highest BCUT2D eigenvalue weighted by atomic mass is 16.2. The van der Waals surface area contributed by atoms with E-state index in [-0.39, 0.29) is 18.4 Å². The zero-order valence-electron chi connectivity index (χ0n) is 15.7. The summed E-state index contributed by atoms with van der Waals surface area (Å²) >= 11 is 0. The summed E-state index contributed by atoms with van der Waals surface area (Å²) in [7, 11) is 0. The number of hydrogen-bond donors (Lipinski definition) is 0. The summed E-state index contributed by atoms with van der Waals surface area (Å²) in [6, 6.07) is 16.3. The average molecular weight is 363 g/mol. The molecule has 1 fully saturated rings. The number of rotatable bonds is 4. The van der Waals surface area contributed by atoms with E-state index in [1.165, 1.54) is 16.8 Å². The van der Waals surface area contributed by atoms with Crippen molar-refractivity contribution < 1.29 is 9.59 Å². The van der Waals surface area contributed by atoms with Crippen LogP contribution in [0, 0.1) is 6.92 Å². The maximum absolute atomic E-state index is 12.6. The smallest absolute Gasteiger partial charge is 0.246 e. The molecule has 2 amide bonds. The number of nitrogens with zero attached hydrogens (tertiary/aromatic N) is 3. The number of carbonyl (C=O) groups is 2. The first-order valence-corrected chi connectivity index (χ1v) is 9.59. The van der Waals surface area contributed by atoms with Crippen molar-refractivity contribution in [2.75, 3.05) is 42.5 Å². The average Bonchev–Trinajstić information content (AvgIpc) is 3.10. The lowest BCUT2D eigenvalue weighted by molar-refractivity contribution is -0.136. The molecule has 1 saturated heterocycles. The zero-order valence-corrected chi connectivity index (χ0v) is 15.7. The van der Waals surface area contributed by atoms with Crippen LogP contribution in [0.1, 0.15) is 17.5 Å². The topological polar surface area (TPSA) is 43.9 Å². The second kappa shape index (κ2) is 7.43. The Morgan fingerprint density at radius 1 is 1.00 bits per heavy atom. The van der Waals surface area contributed by atoms with E-state index in [4.69, 9.17) is 0 Å². The van der Waals surface area contributed by atoms with Gasteiger partial charge in [-0.1, -0.05) is 35.9 Å². The fourth-order valence-corrected chi connectivity index (χ4v) is 3.91. The molecule has 0 spiro atoms. The van der Waals surface area contributed by atoms with Gasteiger partial charge in [0.2, 0.25) is 11.8 Å². The van der Waals surface area contributed by atoms with Crippen molar-refractivity contribution in [1.82, 2.24) is 4.90 Å². The molecule has 0 aliphatic carbocycles. The van der Waals surface area contributed by atoms with Gasteiger partial charge in [-0.25, -0.2) is 0 Å². The van der Waals surface area contributed by atoms with Gasteiger partial charge in [-0.3, -0.25) is 9.59 Å². The van der Waals surface area contributed by atoms with Crippen molar-refractivity contribution in [3.05, 3.63) is 59.7 Å². The highest BCUT2D eigenvalue weighted by Crippen LogP contribution is 2.27. The van der Waals surface area contributed by atoms with Crippen LogP contribution in [0.2, 0.25) is 0 Å². The maximum Gasteiger partial charge on any atom is 0.246 e. The molecular weight excluding hydrogens is 338 g/mol. The number of para-hydroxylation sites is 1. The van der Waals surface area contributed by atoms with Gasteiger partial charge in [-0.05, 0) is 37.1 Å². The van der Waals surface area contributed by atoms with E-state index in [0.29, 0.717) is 26.1 Å². The summed E-state index contributed by atoms with van der Waals surface area (Å²) in [6.45, 7) is 5.02. The third kappa shape index (κ3) is 3.68. The van der Waals surface area contributed by atoms with Gasteiger partial charge in [0, 0.05) is 44.0 Å². The molecule has 0 radical (unpaired) electrons. The molecule has 5 nitrogen and oxygen atoms in total. The van der Waals surface area contributed by atoms with Crippen LogP contribution in [-0.2, 0) is 16.0 Å². The Bertz CT molecular complexity index is 847.